The zero-order chi connectivity index (χ0) is 22.8. The number of hydrogen-bond donors (Lipinski definition) is 1. The third kappa shape index (κ3) is 4.82. The molecule has 0 fully saturated rings. The molecule has 3 rings (SSSR count). The number of nitriles is 1. The van der Waals surface area contributed by atoms with Crippen molar-refractivity contribution in [2.75, 3.05) is 10.2 Å². The van der Waals surface area contributed by atoms with E-state index < -0.39 is 0 Å². The van der Waals surface area contributed by atoms with Crippen molar-refractivity contribution in [3.63, 3.8) is 0 Å². The molecule has 31 heavy (non-hydrogen) atoms. The van der Waals surface area contributed by atoms with Crippen LogP contribution in [0.5, 0.6) is 0 Å². The fourth-order valence-electron chi connectivity index (χ4n) is 4.88. The van der Waals surface area contributed by atoms with Gasteiger partial charge >= 0.3 is 0 Å². The second-order valence-corrected chi connectivity index (χ2v) is 9.37. The number of nitrogens with one attached hydrogen (secondary N) is 1. The zero-order valence-corrected chi connectivity index (χ0v) is 19.5. The lowest BCUT2D eigenvalue weighted by Crippen LogP contribution is -2.51. The predicted molar refractivity (Wildman–Crippen MR) is 129 cm³/mol. The van der Waals surface area contributed by atoms with Gasteiger partial charge in [-0.1, -0.05) is 32.0 Å². The standard InChI is InChI=1S/C27H33N3O/c1-7-20-8-11-23(12-9-20)29-26(31)22(17-28)14-21-10-13-25-24(15-21)19(4)16-27(5,6)30(25)18(2)3/h8-15,18-19H,7,16H2,1-6H3,(H,29,31)/b22-14-. The van der Waals surface area contributed by atoms with Gasteiger partial charge in [0.05, 0.1) is 0 Å². The number of rotatable bonds is 5. The van der Waals surface area contributed by atoms with Gasteiger partial charge in [0.25, 0.3) is 5.91 Å². The van der Waals surface area contributed by atoms with E-state index >= 15 is 0 Å². The summed E-state index contributed by atoms with van der Waals surface area (Å²) in [5.41, 5.74) is 5.48. The Morgan fingerprint density at radius 2 is 1.94 bits per heavy atom. The second kappa shape index (κ2) is 8.98. The molecule has 0 radical (unpaired) electrons. The van der Waals surface area contributed by atoms with Crippen LogP contribution in [0.15, 0.2) is 48.0 Å². The number of fused-ring (bicyclic) bond motifs is 1. The van der Waals surface area contributed by atoms with Crippen molar-refractivity contribution < 1.29 is 4.79 Å². The van der Waals surface area contributed by atoms with E-state index in [1.807, 2.05) is 30.3 Å². The lowest BCUT2D eigenvalue weighted by atomic mass is 9.79. The van der Waals surface area contributed by atoms with Gasteiger partial charge in [0, 0.05) is 23.0 Å². The fourth-order valence-corrected chi connectivity index (χ4v) is 4.88. The van der Waals surface area contributed by atoms with E-state index in [-0.39, 0.29) is 17.0 Å². The summed E-state index contributed by atoms with van der Waals surface area (Å²) in [6.07, 6.45) is 3.69. The highest BCUT2D eigenvalue weighted by Gasteiger charge is 2.37. The average molecular weight is 416 g/mol. The molecule has 0 saturated carbocycles. The summed E-state index contributed by atoms with van der Waals surface area (Å²) < 4.78 is 0. The summed E-state index contributed by atoms with van der Waals surface area (Å²) in [4.78, 5) is 15.2. The number of aryl methyl sites for hydroxylation is 1. The third-order valence-corrected chi connectivity index (χ3v) is 6.11. The molecular weight excluding hydrogens is 382 g/mol. The van der Waals surface area contributed by atoms with Crippen molar-refractivity contribution in [2.45, 2.75) is 71.9 Å². The molecule has 0 aromatic heterocycles. The van der Waals surface area contributed by atoms with Gasteiger partial charge in [-0.15, -0.1) is 0 Å². The van der Waals surface area contributed by atoms with Crippen LogP contribution >= 0.6 is 0 Å². The Morgan fingerprint density at radius 3 is 2.52 bits per heavy atom. The smallest absolute Gasteiger partial charge is 0.266 e. The lowest BCUT2D eigenvalue weighted by Gasteiger charge is -2.50. The molecule has 2 aromatic carbocycles. The molecule has 1 unspecified atom stereocenters. The Kier molecular flexibility index (Phi) is 6.55. The van der Waals surface area contributed by atoms with E-state index in [0.29, 0.717) is 17.6 Å². The van der Waals surface area contributed by atoms with E-state index in [0.717, 1.165) is 18.4 Å². The number of nitrogens with zero attached hydrogens (tertiary/aromatic N) is 2. The van der Waals surface area contributed by atoms with Gasteiger partial charge in [-0.25, -0.2) is 0 Å². The highest BCUT2D eigenvalue weighted by Crippen LogP contribution is 2.44. The zero-order valence-electron chi connectivity index (χ0n) is 19.5. The monoisotopic (exact) mass is 415 g/mol. The summed E-state index contributed by atoms with van der Waals surface area (Å²) in [7, 11) is 0. The molecule has 1 aliphatic heterocycles. The number of hydrogen-bond acceptors (Lipinski definition) is 3. The normalized spacial score (nSPS) is 17.8. The molecule has 1 N–H and O–H groups in total. The van der Waals surface area contributed by atoms with Crippen LogP contribution in [0.1, 0.15) is 70.6 Å². The molecule has 162 valence electrons. The van der Waals surface area contributed by atoms with Crippen LogP contribution in [0.4, 0.5) is 11.4 Å². The lowest BCUT2D eigenvalue weighted by molar-refractivity contribution is -0.112. The second-order valence-electron chi connectivity index (χ2n) is 9.37. The van der Waals surface area contributed by atoms with Gasteiger partial charge in [-0.2, -0.15) is 5.26 Å². The first-order valence-corrected chi connectivity index (χ1v) is 11.1. The first-order chi connectivity index (χ1) is 14.7. The van der Waals surface area contributed by atoms with Crippen molar-refractivity contribution in [3.8, 4) is 6.07 Å². The van der Waals surface area contributed by atoms with E-state index in [4.69, 9.17) is 0 Å². The Morgan fingerprint density at radius 1 is 1.26 bits per heavy atom. The topological polar surface area (TPSA) is 56.1 Å². The Bertz CT molecular complexity index is 1030. The quantitative estimate of drug-likeness (QED) is 0.461. The molecule has 4 nitrogen and oxygen atoms in total. The van der Waals surface area contributed by atoms with Crippen LogP contribution in [0.2, 0.25) is 0 Å². The molecule has 1 amide bonds. The van der Waals surface area contributed by atoms with Gasteiger partial charge in [-0.05, 0) is 93.5 Å². The molecule has 0 spiro atoms. The number of carbonyl (C=O) groups is 1. The summed E-state index contributed by atoms with van der Waals surface area (Å²) in [5.74, 6) is 0.0206. The fraction of sp³-hybridized carbons (Fsp3) is 0.407. The maximum Gasteiger partial charge on any atom is 0.266 e. The molecule has 0 aliphatic carbocycles. The van der Waals surface area contributed by atoms with Crippen LogP contribution < -0.4 is 10.2 Å². The van der Waals surface area contributed by atoms with E-state index in [2.05, 4.69) is 70.0 Å². The SMILES string of the molecule is CCc1ccc(NC(=O)/C(C#N)=C\c2ccc3c(c2)C(C)CC(C)(C)N3C(C)C)cc1. The highest BCUT2D eigenvalue weighted by atomic mass is 16.1. The van der Waals surface area contributed by atoms with Crippen molar-refractivity contribution in [1.82, 2.24) is 0 Å². The maximum atomic E-state index is 12.7. The highest BCUT2D eigenvalue weighted by molar-refractivity contribution is 6.09. The van der Waals surface area contributed by atoms with Crippen molar-refractivity contribution in [1.29, 1.82) is 5.26 Å². The molecule has 1 aliphatic rings. The van der Waals surface area contributed by atoms with Crippen LogP contribution in [-0.2, 0) is 11.2 Å². The molecule has 4 heteroatoms. The maximum absolute atomic E-state index is 12.7. The van der Waals surface area contributed by atoms with Crippen LogP contribution in [0.25, 0.3) is 6.08 Å². The summed E-state index contributed by atoms with van der Waals surface area (Å²) >= 11 is 0. The van der Waals surface area contributed by atoms with Crippen molar-refractivity contribution in [3.05, 3.63) is 64.7 Å². The molecule has 2 aromatic rings. The predicted octanol–water partition coefficient (Wildman–Crippen LogP) is 6.30. The van der Waals surface area contributed by atoms with E-state index in [9.17, 15) is 10.1 Å². The van der Waals surface area contributed by atoms with E-state index in [1.165, 1.54) is 16.8 Å². The van der Waals surface area contributed by atoms with Gasteiger partial charge in [0.1, 0.15) is 11.6 Å². The number of benzene rings is 2. The van der Waals surface area contributed by atoms with Crippen LogP contribution in [-0.4, -0.2) is 17.5 Å². The largest absolute Gasteiger partial charge is 0.364 e. The number of carbonyl (C=O) groups excluding carboxylic acids is 1. The number of anilines is 2. The summed E-state index contributed by atoms with van der Waals surface area (Å²) in [6.45, 7) is 13.4. The Labute approximate surface area is 186 Å². The van der Waals surface area contributed by atoms with Gasteiger partial charge < -0.3 is 10.2 Å². The summed E-state index contributed by atoms with van der Waals surface area (Å²) in [5, 5.41) is 12.4. The third-order valence-electron chi connectivity index (χ3n) is 6.11. The summed E-state index contributed by atoms with van der Waals surface area (Å²) in [6, 6.07) is 16.4. The Hall–Kier alpha value is -3.06. The minimum Gasteiger partial charge on any atom is -0.364 e. The van der Waals surface area contributed by atoms with Crippen molar-refractivity contribution >= 4 is 23.4 Å². The molecule has 1 heterocycles. The molecule has 0 saturated heterocycles. The van der Waals surface area contributed by atoms with Gasteiger partial charge in [0.2, 0.25) is 0 Å². The van der Waals surface area contributed by atoms with Crippen molar-refractivity contribution in [2.24, 2.45) is 0 Å². The van der Waals surface area contributed by atoms with Gasteiger partial charge in [-0.3, -0.25) is 4.79 Å². The minimum absolute atomic E-state index is 0.0863. The number of amides is 1. The van der Waals surface area contributed by atoms with Crippen LogP contribution in [0, 0.1) is 11.3 Å². The first-order valence-electron chi connectivity index (χ1n) is 11.1. The average Bonchev–Trinajstić information content (AvgIpc) is 2.71. The van der Waals surface area contributed by atoms with Crippen LogP contribution in [0.3, 0.4) is 0 Å². The van der Waals surface area contributed by atoms with E-state index in [1.54, 1.807) is 6.08 Å². The molecule has 1 atom stereocenters. The molecule has 0 bridgehead atoms. The van der Waals surface area contributed by atoms with Gasteiger partial charge in [0.15, 0.2) is 0 Å². The first kappa shape index (κ1) is 22.6. The molecular formula is C27H33N3O. The Balaban J connectivity index is 1.89. The minimum atomic E-state index is -0.387.